The van der Waals surface area contributed by atoms with Crippen molar-refractivity contribution in [2.75, 3.05) is 20.2 Å². The fraction of sp³-hybridized carbons (Fsp3) is 0.600. The first-order chi connectivity index (χ1) is 7.54. The molecule has 0 fully saturated rings. The Bertz CT molecular complexity index is 314. The van der Waals surface area contributed by atoms with Gasteiger partial charge in [-0.3, -0.25) is 0 Å². The summed E-state index contributed by atoms with van der Waals surface area (Å²) in [6.07, 6.45) is 1.85. The van der Waals surface area contributed by atoms with Crippen LogP contribution in [0, 0.1) is 0 Å². The molecule has 1 aliphatic heterocycles. The largest absolute Gasteiger partial charge is 0.466 e. The van der Waals surface area contributed by atoms with Crippen molar-refractivity contribution in [3.63, 3.8) is 0 Å². The van der Waals surface area contributed by atoms with E-state index in [4.69, 9.17) is 16.3 Å². The van der Waals surface area contributed by atoms with Crippen LogP contribution < -0.4 is 0 Å². The van der Waals surface area contributed by atoms with Crippen LogP contribution in [0.2, 0.25) is 0 Å². The number of rotatable bonds is 2. The van der Waals surface area contributed by atoms with E-state index in [9.17, 15) is 9.59 Å². The van der Waals surface area contributed by atoms with Gasteiger partial charge in [0.25, 0.3) is 0 Å². The van der Waals surface area contributed by atoms with Crippen molar-refractivity contribution in [1.82, 2.24) is 4.90 Å². The van der Waals surface area contributed by atoms with Gasteiger partial charge in [-0.2, -0.15) is 0 Å². The van der Waals surface area contributed by atoms with Crippen LogP contribution in [-0.2, 0) is 14.3 Å². The molecular formula is C10H14ClNO4. The monoisotopic (exact) mass is 247 g/mol. The lowest BCUT2D eigenvalue weighted by molar-refractivity contribution is -0.136. The summed E-state index contributed by atoms with van der Waals surface area (Å²) < 4.78 is 9.41. The molecular weight excluding hydrogens is 234 g/mol. The molecule has 0 aromatic rings. The zero-order chi connectivity index (χ0) is 12.1. The molecule has 0 aliphatic carbocycles. The second-order valence-corrected chi connectivity index (χ2v) is 3.97. The molecule has 1 heterocycles. The molecule has 1 atom stereocenters. The Morgan fingerprint density at radius 2 is 2.25 bits per heavy atom. The summed E-state index contributed by atoms with van der Waals surface area (Å²) in [6.45, 7) is 2.28. The number of methoxy groups -OCH3 is 1. The maximum absolute atomic E-state index is 11.5. The molecule has 0 aromatic heterocycles. The van der Waals surface area contributed by atoms with E-state index < -0.39 is 17.6 Å². The van der Waals surface area contributed by atoms with Gasteiger partial charge in [-0.05, 0) is 13.3 Å². The van der Waals surface area contributed by atoms with E-state index >= 15 is 0 Å². The summed E-state index contributed by atoms with van der Waals surface area (Å²) in [7, 11) is 1.31. The first kappa shape index (κ1) is 12.8. The zero-order valence-electron chi connectivity index (χ0n) is 9.23. The Hall–Kier alpha value is -1.23. The molecule has 0 unspecified atom stereocenters. The van der Waals surface area contributed by atoms with E-state index in [0.717, 1.165) is 0 Å². The van der Waals surface area contributed by atoms with Crippen LogP contribution in [0.25, 0.3) is 0 Å². The molecule has 1 aliphatic rings. The number of hydrogen-bond donors (Lipinski definition) is 0. The minimum absolute atomic E-state index is 0.203. The normalized spacial score (nSPS) is 17.4. The average Bonchev–Trinajstić information content (AvgIpc) is 2.27. The van der Waals surface area contributed by atoms with Crippen LogP contribution in [0.4, 0.5) is 4.79 Å². The fourth-order valence-corrected chi connectivity index (χ4v) is 1.47. The van der Waals surface area contributed by atoms with Gasteiger partial charge in [0.1, 0.15) is 0 Å². The Morgan fingerprint density at radius 1 is 1.56 bits per heavy atom. The Balaban J connectivity index is 2.57. The Morgan fingerprint density at radius 3 is 2.81 bits per heavy atom. The van der Waals surface area contributed by atoms with Gasteiger partial charge >= 0.3 is 12.1 Å². The first-order valence-corrected chi connectivity index (χ1v) is 5.35. The van der Waals surface area contributed by atoms with Crippen molar-refractivity contribution in [1.29, 1.82) is 0 Å². The summed E-state index contributed by atoms with van der Waals surface area (Å²) in [6, 6.07) is 0. The number of nitrogens with zero attached hydrogens (tertiary/aromatic N) is 1. The summed E-state index contributed by atoms with van der Waals surface area (Å²) in [5, 5.41) is 0. The van der Waals surface area contributed by atoms with Gasteiger partial charge in [-0.25, -0.2) is 9.59 Å². The highest BCUT2D eigenvalue weighted by Gasteiger charge is 2.24. The highest BCUT2D eigenvalue weighted by molar-refractivity contribution is 6.19. The van der Waals surface area contributed by atoms with Gasteiger partial charge in [-0.15, -0.1) is 0 Å². The van der Waals surface area contributed by atoms with Crippen LogP contribution >= 0.6 is 11.6 Å². The predicted octanol–water partition coefficient (Wildman–Crippen LogP) is 1.51. The van der Waals surface area contributed by atoms with Crippen molar-refractivity contribution >= 4 is 23.7 Å². The van der Waals surface area contributed by atoms with Gasteiger partial charge < -0.3 is 14.4 Å². The Kier molecular flexibility index (Phi) is 4.61. The first-order valence-electron chi connectivity index (χ1n) is 4.91. The number of halogens is 1. The molecule has 0 radical (unpaired) electrons. The second-order valence-electron chi connectivity index (χ2n) is 3.36. The third-order valence-electron chi connectivity index (χ3n) is 2.12. The van der Waals surface area contributed by atoms with Crippen LogP contribution in [0.3, 0.4) is 0 Å². The van der Waals surface area contributed by atoms with E-state index in [1.807, 2.05) is 0 Å². The van der Waals surface area contributed by atoms with E-state index in [-0.39, 0.29) is 6.54 Å². The molecule has 0 saturated heterocycles. The second kappa shape index (κ2) is 5.75. The number of ether oxygens (including phenoxy) is 2. The lowest BCUT2D eigenvalue weighted by Gasteiger charge is -2.26. The molecule has 90 valence electrons. The van der Waals surface area contributed by atoms with E-state index in [1.54, 1.807) is 13.0 Å². The van der Waals surface area contributed by atoms with E-state index in [0.29, 0.717) is 18.5 Å². The third kappa shape index (κ3) is 3.41. The minimum atomic E-state index is -0.681. The summed E-state index contributed by atoms with van der Waals surface area (Å²) in [5.74, 6) is -0.420. The van der Waals surface area contributed by atoms with E-state index in [1.165, 1.54) is 12.0 Å². The standard InChI is InChI=1S/C10H14ClNO4/c1-7(11)16-10(14)12-5-3-4-8(6-12)9(13)15-2/h4,7H,3,5-6H2,1-2H3/t7-/m0/s1. The molecule has 16 heavy (non-hydrogen) atoms. The topological polar surface area (TPSA) is 55.8 Å². The van der Waals surface area contributed by atoms with Crippen molar-refractivity contribution in [3.05, 3.63) is 11.6 Å². The van der Waals surface area contributed by atoms with Crippen molar-refractivity contribution in [2.24, 2.45) is 0 Å². The molecule has 5 nitrogen and oxygen atoms in total. The lowest BCUT2D eigenvalue weighted by atomic mass is 10.1. The van der Waals surface area contributed by atoms with Gasteiger partial charge in [0.15, 0.2) is 5.56 Å². The zero-order valence-corrected chi connectivity index (χ0v) is 9.99. The highest BCUT2D eigenvalue weighted by atomic mass is 35.5. The minimum Gasteiger partial charge on any atom is -0.466 e. The van der Waals surface area contributed by atoms with Crippen LogP contribution in [0.15, 0.2) is 11.6 Å². The molecule has 0 spiro atoms. The van der Waals surface area contributed by atoms with Gasteiger partial charge in [0, 0.05) is 6.54 Å². The van der Waals surface area contributed by atoms with Crippen LogP contribution in [0.1, 0.15) is 13.3 Å². The quantitative estimate of drug-likeness (QED) is 0.548. The third-order valence-corrected chi connectivity index (χ3v) is 2.21. The number of carbonyl (C=O) groups is 2. The molecule has 1 amide bonds. The maximum atomic E-state index is 11.5. The molecule has 1 rings (SSSR count). The van der Waals surface area contributed by atoms with Gasteiger partial charge in [0.2, 0.25) is 0 Å². The predicted molar refractivity (Wildman–Crippen MR) is 58.1 cm³/mol. The van der Waals surface area contributed by atoms with Crippen molar-refractivity contribution in [3.8, 4) is 0 Å². The lowest BCUT2D eigenvalue weighted by Crippen LogP contribution is -2.38. The van der Waals surface area contributed by atoms with E-state index in [2.05, 4.69) is 4.74 Å². The number of alkyl halides is 1. The molecule has 6 heteroatoms. The molecule has 0 aromatic carbocycles. The summed E-state index contributed by atoms with van der Waals surface area (Å²) >= 11 is 5.54. The highest BCUT2D eigenvalue weighted by Crippen LogP contribution is 2.13. The van der Waals surface area contributed by atoms with Crippen molar-refractivity contribution in [2.45, 2.75) is 18.9 Å². The summed E-state index contributed by atoms with van der Waals surface area (Å²) in [4.78, 5) is 24.2. The average molecular weight is 248 g/mol. The van der Waals surface area contributed by atoms with Gasteiger partial charge in [-0.1, -0.05) is 17.7 Å². The number of hydrogen-bond acceptors (Lipinski definition) is 4. The number of amides is 1. The molecule has 0 saturated carbocycles. The number of carbonyl (C=O) groups excluding carboxylic acids is 2. The SMILES string of the molecule is COC(=O)C1=CCCN(C(=O)O[C@@H](C)Cl)C1. The van der Waals surface area contributed by atoms with Crippen LogP contribution in [-0.4, -0.2) is 42.7 Å². The fourth-order valence-electron chi connectivity index (χ4n) is 1.39. The number of esters is 1. The summed E-state index contributed by atoms with van der Waals surface area (Å²) in [5.41, 5.74) is -0.215. The van der Waals surface area contributed by atoms with Gasteiger partial charge in [0.05, 0.1) is 19.2 Å². The smallest absolute Gasteiger partial charge is 0.411 e. The molecule has 0 bridgehead atoms. The van der Waals surface area contributed by atoms with Crippen LogP contribution in [0.5, 0.6) is 0 Å². The Labute approximate surface area is 98.9 Å². The maximum Gasteiger partial charge on any atom is 0.411 e. The molecule has 0 N–H and O–H groups in total. The van der Waals surface area contributed by atoms with Crippen molar-refractivity contribution < 1.29 is 19.1 Å².